The molecule has 0 aliphatic heterocycles. The summed E-state index contributed by atoms with van der Waals surface area (Å²) >= 11 is 0. The van der Waals surface area contributed by atoms with E-state index in [1.165, 1.54) is 6.20 Å². The zero-order chi connectivity index (χ0) is 15.1. The van der Waals surface area contributed by atoms with Crippen molar-refractivity contribution in [1.29, 1.82) is 0 Å². The van der Waals surface area contributed by atoms with Crippen molar-refractivity contribution >= 4 is 17.6 Å². The number of rotatable bonds is 7. The number of pyridine rings is 1. The molecule has 0 aliphatic carbocycles. The van der Waals surface area contributed by atoms with Gasteiger partial charge in [0.25, 0.3) is 5.91 Å². The number of aliphatic carboxylic acids is 1. The number of carbonyl (C=O) groups is 2. The highest BCUT2D eigenvalue weighted by Crippen LogP contribution is 2.11. The molecule has 0 aliphatic rings. The molecule has 1 rings (SSSR count). The Hall–Kier alpha value is -2.11. The number of aromatic nitrogens is 1. The van der Waals surface area contributed by atoms with Crippen molar-refractivity contribution in [3.63, 3.8) is 0 Å². The van der Waals surface area contributed by atoms with E-state index >= 15 is 0 Å². The normalized spacial score (nSPS) is 11.8. The van der Waals surface area contributed by atoms with E-state index in [2.05, 4.69) is 10.3 Å². The van der Waals surface area contributed by atoms with Gasteiger partial charge in [0.1, 0.15) is 11.7 Å². The third-order valence-corrected chi connectivity index (χ3v) is 2.94. The standard InChI is InChI=1S/C14H21N3O3/c1-4-5-6-11(14(19)20)16-13(18)12-9-10(17(2)3)7-8-15-12/h7-9,11H,4-6H2,1-3H3,(H,16,18)(H,19,20)/t11-/m0/s1. The number of carbonyl (C=O) groups excluding carboxylic acids is 1. The van der Waals surface area contributed by atoms with Crippen molar-refractivity contribution in [2.24, 2.45) is 0 Å². The van der Waals surface area contributed by atoms with Crippen LogP contribution in [0.15, 0.2) is 18.3 Å². The maximum Gasteiger partial charge on any atom is 0.326 e. The van der Waals surface area contributed by atoms with Gasteiger partial charge in [-0.15, -0.1) is 0 Å². The average molecular weight is 279 g/mol. The third-order valence-electron chi connectivity index (χ3n) is 2.94. The minimum Gasteiger partial charge on any atom is -0.480 e. The first kappa shape index (κ1) is 15.9. The zero-order valence-electron chi connectivity index (χ0n) is 12.1. The van der Waals surface area contributed by atoms with Crippen LogP contribution in [0.1, 0.15) is 36.7 Å². The molecule has 6 nitrogen and oxygen atoms in total. The highest BCUT2D eigenvalue weighted by molar-refractivity contribution is 5.95. The van der Waals surface area contributed by atoms with Crippen molar-refractivity contribution in [1.82, 2.24) is 10.3 Å². The quantitative estimate of drug-likeness (QED) is 0.790. The summed E-state index contributed by atoms with van der Waals surface area (Å²) in [6.45, 7) is 1.98. The fraction of sp³-hybridized carbons (Fsp3) is 0.500. The molecule has 110 valence electrons. The predicted molar refractivity (Wildman–Crippen MR) is 77.0 cm³/mol. The first-order valence-corrected chi connectivity index (χ1v) is 6.62. The summed E-state index contributed by atoms with van der Waals surface area (Å²) < 4.78 is 0. The molecule has 1 heterocycles. The van der Waals surface area contributed by atoms with Crippen molar-refractivity contribution in [2.75, 3.05) is 19.0 Å². The lowest BCUT2D eigenvalue weighted by Gasteiger charge is -2.15. The molecule has 1 amide bonds. The molecule has 20 heavy (non-hydrogen) atoms. The van der Waals surface area contributed by atoms with Gasteiger partial charge in [-0.25, -0.2) is 4.79 Å². The van der Waals surface area contributed by atoms with Gasteiger partial charge in [-0.1, -0.05) is 19.8 Å². The van der Waals surface area contributed by atoms with Crippen LogP contribution in [0.4, 0.5) is 5.69 Å². The summed E-state index contributed by atoms with van der Waals surface area (Å²) in [6.07, 6.45) is 3.59. The summed E-state index contributed by atoms with van der Waals surface area (Å²) in [5, 5.41) is 11.6. The molecule has 1 aromatic heterocycles. The van der Waals surface area contributed by atoms with E-state index in [9.17, 15) is 9.59 Å². The topological polar surface area (TPSA) is 82.5 Å². The second-order valence-electron chi connectivity index (χ2n) is 4.80. The van der Waals surface area contributed by atoms with Crippen LogP contribution in [0.3, 0.4) is 0 Å². The summed E-state index contributed by atoms with van der Waals surface area (Å²) in [5.74, 6) is -1.48. The lowest BCUT2D eigenvalue weighted by atomic mass is 10.1. The van der Waals surface area contributed by atoms with Crippen LogP contribution in [-0.4, -0.2) is 42.1 Å². The van der Waals surface area contributed by atoms with Crippen molar-refractivity contribution in [3.8, 4) is 0 Å². The van der Waals surface area contributed by atoms with Crippen LogP contribution in [0.2, 0.25) is 0 Å². The largest absolute Gasteiger partial charge is 0.480 e. The molecule has 0 unspecified atom stereocenters. The van der Waals surface area contributed by atoms with Crippen molar-refractivity contribution in [2.45, 2.75) is 32.2 Å². The maximum absolute atomic E-state index is 12.0. The number of anilines is 1. The number of carboxylic acid groups (broad SMARTS) is 1. The fourth-order valence-corrected chi connectivity index (χ4v) is 1.72. The summed E-state index contributed by atoms with van der Waals surface area (Å²) in [4.78, 5) is 29.0. The Labute approximate surface area is 118 Å². The molecule has 0 fully saturated rings. The SMILES string of the molecule is CCCC[C@H](NC(=O)c1cc(N(C)C)ccn1)C(=O)O. The number of amides is 1. The Morgan fingerprint density at radius 1 is 1.45 bits per heavy atom. The smallest absolute Gasteiger partial charge is 0.326 e. The number of unbranched alkanes of at least 4 members (excludes halogenated alkanes) is 1. The predicted octanol–water partition coefficient (Wildman–Crippen LogP) is 1.52. The van der Waals surface area contributed by atoms with Crippen LogP contribution < -0.4 is 10.2 Å². The van der Waals surface area contributed by atoms with E-state index in [4.69, 9.17) is 5.11 Å². The van der Waals surface area contributed by atoms with Gasteiger partial charge in [0.05, 0.1) is 0 Å². The van der Waals surface area contributed by atoms with Crippen LogP contribution in [-0.2, 0) is 4.79 Å². The molecule has 0 bridgehead atoms. The third kappa shape index (κ3) is 4.53. The van der Waals surface area contributed by atoms with E-state index in [1.807, 2.05) is 25.9 Å². The van der Waals surface area contributed by atoms with Gasteiger partial charge in [0, 0.05) is 26.0 Å². The van der Waals surface area contributed by atoms with Gasteiger partial charge >= 0.3 is 5.97 Å². The Kier molecular flexibility index (Phi) is 5.96. The van der Waals surface area contributed by atoms with Crippen LogP contribution in [0, 0.1) is 0 Å². The lowest BCUT2D eigenvalue weighted by molar-refractivity contribution is -0.139. The first-order chi connectivity index (χ1) is 9.45. The second-order valence-corrected chi connectivity index (χ2v) is 4.80. The minimum absolute atomic E-state index is 0.221. The number of hydrogen-bond donors (Lipinski definition) is 2. The molecular formula is C14H21N3O3. The molecule has 6 heteroatoms. The summed E-state index contributed by atoms with van der Waals surface area (Å²) in [7, 11) is 3.72. The number of nitrogens with one attached hydrogen (secondary N) is 1. The Morgan fingerprint density at radius 2 is 2.15 bits per heavy atom. The van der Waals surface area contributed by atoms with E-state index in [-0.39, 0.29) is 5.69 Å². The molecule has 0 aromatic carbocycles. The van der Waals surface area contributed by atoms with E-state index in [1.54, 1.807) is 12.1 Å². The van der Waals surface area contributed by atoms with E-state index in [0.29, 0.717) is 6.42 Å². The summed E-state index contributed by atoms with van der Waals surface area (Å²) in [5.41, 5.74) is 1.06. The Bertz CT molecular complexity index is 474. The average Bonchev–Trinajstić information content (AvgIpc) is 2.42. The first-order valence-electron chi connectivity index (χ1n) is 6.62. The fourth-order valence-electron chi connectivity index (χ4n) is 1.72. The van der Waals surface area contributed by atoms with Crippen LogP contribution in [0.25, 0.3) is 0 Å². The zero-order valence-corrected chi connectivity index (χ0v) is 12.1. The van der Waals surface area contributed by atoms with Gasteiger partial charge in [-0.3, -0.25) is 9.78 Å². The van der Waals surface area contributed by atoms with E-state index < -0.39 is 17.9 Å². The minimum atomic E-state index is -1.02. The van der Waals surface area contributed by atoms with Crippen molar-refractivity contribution < 1.29 is 14.7 Å². The van der Waals surface area contributed by atoms with Gasteiger partial charge in [0.15, 0.2) is 0 Å². The summed E-state index contributed by atoms with van der Waals surface area (Å²) in [6, 6.07) is 2.55. The van der Waals surface area contributed by atoms with Crippen LogP contribution >= 0.6 is 0 Å². The lowest BCUT2D eigenvalue weighted by Crippen LogP contribution is -2.41. The Balaban J connectivity index is 2.78. The molecular weight excluding hydrogens is 258 g/mol. The molecule has 0 radical (unpaired) electrons. The van der Waals surface area contributed by atoms with Crippen LogP contribution in [0.5, 0.6) is 0 Å². The second kappa shape index (κ2) is 7.47. The van der Waals surface area contributed by atoms with Gasteiger partial charge < -0.3 is 15.3 Å². The maximum atomic E-state index is 12.0. The Morgan fingerprint density at radius 3 is 2.70 bits per heavy atom. The highest BCUT2D eigenvalue weighted by atomic mass is 16.4. The van der Waals surface area contributed by atoms with Crippen molar-refractivity contribution in [3.05, 3.63) is 24.0 Å². The molecule has 1 aromatic rings. The molecule has 2 N–H and O–H groups in total. The number of hydrogen-bond acceptors (Lipinski definition) is 4. The molecule has 1 atom stereocenters. The van der Waals surface area contributed by atoms with Gasteiger partial charge in [-0.05, 0) is 18.6 Å². The molecule has 0 spiro atoms. The number of nitrogens with zero attached hydrogens (tertiary/aromatic N) is 2. The molecule has 0 saturated carbocycles. The molecule has 0 saturated heterocycles. The van der Waals surface area contributed by atoms with E-state index in [0.717, 1.165) is 18.5 Å². The highest BCUT2D eigenvalue weighted by Gasteiger charge is 2.20. The van der Waals surface area contributed by atoms with Gasteiger partial charge in [0.2, 0.25) is 0 Å². The monoisotopic (exact) mass is 279 g/mol. The number of carboxylic acids is 1. The van der Waals surface area contributed by atoms with Gasteiger partial charge in [-0.2, -0.15) is 0 Å².